The molecule has 0 radical (unpaired) electrons. The number of benzene rings is 1. The molecule has 3 aliphatic heterocycles. The summed E-state index contributed by atoms with van der Waals surface area (Å²) in [5.74, 6) is 1.65. The van der Waals surface area contributed by atoms with Crippen molar-refractivity contribution in [1.82, 2.24) is 19.8 Å². The normalized spacial score (nSPS) is 20.7. The fourth-order valence-electron chi connectivity index (χ4n) is 4.67. The first-order valence-corrected chi connectivity index (χ1v) is 9.56. The average Bonchev–Trinajstić information content (AvgIpc) is 3.34. The van der Waals surface area contributed by atoms with E-state index in [1.165, 1.54) is 11.4 Å². The van der Waals surface area contributed by atoms with Crippen LogP contribution >= 0.6 is 0 Å². The summed E-state index contributed by atoms with van der Waals surface area (Å²) in [5, 5.41) is 0. The molecule has 1 fully saturated rings. The standard InChI is InChI=1S/C20H24N4O3/c1-23-7-4-15-19(22-12-21-15)20(23)5-8-24(9-6-20)18(25)11-14-2-3-16-17(10-14)27-13-26-16/h2-3,10,12H,4-9,11,13H2,1H3,(H,21,22). The molecule has 2 aromatic rings. The summed E-state index contributed by atoms with van der Waals surface area (Å²) in [5.41, 5.74) is 3.37. The second-order valence-corrected chi connectivity index (χ2v) is 7.68. The summed E-state index contributed by atoms with van der Waals surface area (Å²) in [7, 11) is 2.18. The van der Waals surface area contributed by atoms with E-state index in [0.717, 1.165) is 56.0 Å². The minimum atomic E-state index is -0.0386. The smallest absolute Gasteiger partial charge is 0.231 e. The number of H-pyrrole nitrogens is 1. The van der Waals surface area contributed by atoms with Crippen LogP contribution in [0.5, 0.6) is 11.5 Å². The van der Waals surface area contributed by atoms with Gasteiger partial charge in [0.1, 0.15) is 0 Å². The SMILES string of the molecule is CN1CCc2[nH]cnc2C12CCN(C(=O)Cc1ccc3c(c1)OCO3)CC2. The van der Waals surface area contributed by atoms with Gasteiger partial charge in [0.2, 0.25) is 12.7 Å². The van der Waals surface area contributed by atoms with Crippen molar-refractivity contribution in [2.75, 3.05) is 33.5 Å². The monoisotopic (exact) mass is 368 g/mol. The van der Waals surface area contributed by atoms with Gasteiger partial charge >= 0.3 is 0 Å². The van der Waals surface area contributed by atoms with E-state index in [9.17, 15) is 4.79 Å². The lowest BCUT2D eigenvalue weighted by atomic mass is 9.79. The second kappa shape index (κ2) is 6.27. The van der Waals surface area contributed by atoms with Gasteiger partial charge in [0.05, 0.1) is 24.0 Å². The number of carbonyl (C=O) groups is 1. The minimum Gasteiger partial charge on any atom is -0.454 e. The number of aromatic amines is 1. The third kappa shape index (κ3) is 2.68. The van der Waals surface area contributed by atoms with E-state index in [1.807, 2.05) is 29.4 Å². The number of likely N-dealkylation sites (tertiary alicyclic amines) is 1. The zero-order chi connectivity index (χ0) is 18.4. The number of carbonyl (C=O) groups excluding carboxylic acids is 1. The number of imidazole rings is 1. The Kier molecular flexibility index (Phi) is 3.86. The van der Waals surface area contributed by atoms with Gasteiger partial charge in [-0.25, -0.2) is 4.98 Å². The first-order chi connectivity index (χ1) is 13.2. The molecule has 1 amide bonds. The summed E-state index contributed by atoms with van der Waals surface area (Å²) in [4.78, 5) is 25.2. The van der Waals surface area contributed by atoms with E-state index >= 15 is 0 Å². The summed E-state index contributed by atoms with van der Waals surface area (Å²) < 4.78 is 10.8. The molecule has 0 atom stereocenters. The fraction of sp³-hybridized carbons (Fsp3) is 0.500. The first kappa shape index (κ1) is 16.6. The maximum Gasteiger partial charge on any atom is 0.231 e. The predicted octanol–water partition coefficient (Wildman–Crippen LogP) is 1.69. The van der Waals surface area contributed by atoms with Crippen LogP contribution in [0.25, 0.3) is 0 Å². The molecule has 0 unspecified atom stereocenters. The summed E-state index contributed by atoms with van der Waals surface area (Å²) in [6.07, 6.45) is 5.07. The Morgan fingerprint density at radius 3 is 2.89 bits per heavy atom. The Morgan fingerprint density at radius 2 is 2.04 bits per heavy atom. The van der Waals surface area contributed by atoms with E-state index in [-0.39, 0.29) is 18.2 Å². The number of fused-ring (bicyclic) bond motifs is 3. The third-order valence-electron chi connectivity index (χ3n) is 6.32. The number of piperidine rings is 1. The van der Waals surface area contributed by atoms with Crippen molar-refractivity contribution in [3.05, 3.63) is 41.5 Å². The highest BCUT2D eigenvalue weighted by molar-refractivity contribution is 5.79. The zero-order valence-corrected chi connectivity index (χ0v) is 15.5. The molecule has 7 nitrogen and oxygen atoms in total. The number of hydrogen-bond acceptors (Lipinski definition) is 5. The van der Waals surface area contributed by atoms with E-state index in [2.05, 4.69) is 21.9 Å². The molecule has 27 heavy (non-hydrogen) atoms. The lowest BCUT2D eigenvalue weighted by Gasteiger charge is -2.49. The summed E-state index contributed by atoms with van der Waals surface area (Å²) >= 11 is 0. The molecule has 4 heterocycles. The first-order valence-electron chi connectivity index (χ1n) is 9.56. The van der Waals surface area contributed by atoms with Gasteiger partial charge in [-0.2, -0.15) is 0 Å². The average molecular weight is 368 g/mol. The molecule has 7 heteroatoms. The van der Waals surface area contributed by atoms with Crippen molar-refractivity contribution in [1.29, 1.82) is 0 Å². The lowest BCUT2D eigenvalue weighted by Crippen LogP contribution is -2.55. The highest BCUT2D eigenvalue weighted by Gasteiger charge is 2.45. The molecular weight excluding hydrogens is 344 g/mol. The van der Waals surface area contributed by atoms with Crippen molar-refractivity contribution in [2.24, 2.45) is 0 Å². The van der Waals surface area contributed by atoms with Crippen molar-refractivity contribution in [3.63, 3.8) is 0 Å². The van der Waals surface area contributed by atoms with Gasteiger partial charge in [-0.05, 0) is 37.6 Å². The number of aromatic nitrogens is 2. The van der Waals surface area contributed by atoms with Crippen LogP contribution in [0.15, 0.2) is 24.5 Å². The van der Waals surface area contributed by atoms with Gasteiger partial charge in [0.25, 0.3) is 0 Å². The fourth-order valence-corrected chi connectivity index (χ4v) is 4.67. The summed E-state index contributed by atoms with van der Waals surface area (Å²) in [6, 6.07) is 5.74. The molecule has 142 valence electrons. The molecule has 1 aromatic carbocycles. The molecule has 5 rings (SSSR count). The van der Waals surface area contributed by atoms with Crippen LogP contribution in [0.2, 0.25) is 0 Å². The van der Waals surface area contributed by atoms with E-state index in [0.29, 0.717) is 6.42 Å². The highest BCUT2D eigenvalue weighted by Crippen LogP contribution is 2.41. The van der Waals surface area contributed by atoms with Crippen LogP contribution < -0.4 is 9.47 Å². The van der Waals surface area contributed by atoms with Crippen LogP contribution in [-0.2, 0) is 23.2 Å². The molecule has 0 aliphatic carbocycles. The van der Waals surface area contributed by atoms with Crippen LogP contribution in [0.3, 0.4) is 0 Å². The Morgan fingerprint density at radius 1 is 1.22 bits per heavy atom. The van der Waals surface area contributed by atoms with Crippen LogP contribution in [0.1, 0.15) is 29.8 Å². The van der Waals surface area contributed by atoms with Gasteiger partial charge < -0.3 is 19.4 Å². The van der Waals surface area contributed by atoms with Crippen molar-refractivity contribution in [3.8, 4) is 11.5 Å². The zero-order valence-electron chi connectivity index (χ0n) is 15.5. The highest BCUT2D eigenvalue weighted by atomic mass is 16.7. The quantitative estimate of drug-likeness (QED) is 0.873. The number of rotatable bonds is 2. The van der Waals surface area contributed by atoms with Crippen molar-refractivity contribution >= 4 is 5.91 Å². The molecule has 1 spiro atoms. The minimum absolute atomic E-state index is 0.0386. The topological polar surface area (TPSA) is 70.7 Å². The summed E-state index contributed by atoms with van der Waals surface area (Å²) in [6.45, 7) is 2.81. The largest absolute Gasteiger partial charge is 0.454 e. The molecule has 0 bridgehead atoms. The molecule has 1 aromatic heterocycles. The van der Waals surface area contributed by atoms with Gasteiger partial charge in [-0.1, -0.05) is 6.07 Å². The lowest BCUT2D eigenvalue weighted by molar-refractivity contribution is -0.133. The van der Waals surface area contributed by atoms with E-state index in [1.54, 1.807) is 0 Å². The third-order valence-corrected chi connectivity index (χ3v) is 6.32. The number of nitrogens with zero attached hydrogens (tertiary/aromatic N) is 3. The maximum absolute atomic E-state index is 12.8. The van der Waals surface area contributed by atoms with Crippen molar-refractivity contribution in [2.45, 2.75) is 31.2 Å². The van der Waals surface area contributed by atoms with Gasteiger partial charge in [-0.3, -0.25) is 9.69 Å². The molecular formula is C20H24N4O3. The number of amides is 1. The van der Waals surface area contributed by atoms with Crippen LogP contribution in [0, 0.1) is 0 Å². The van der Waals surface area contributed by atoms with Gasteiger partial charge in [0, 0.05) is 31.7 Å². The molecule has 3 aliphatic rings. The molecule has 1 saturated heterocycles. The second-order valence-electron chi connectivity index (χ2n) is 7.68. The van der Waals surface area contributed by atoms with Gasteiger partial charge in [0.15, 0.2) is 11.5 Å². The molecule has 1 N–H and O–H groups in total. The molecule has 0 saturated carbocycles. The Labute approximate surface area is 158 Å². The van der Waals surface area contributed by atoms with Gasteiger partial charge in [-0.15, -0.1) is 0 Å². The van der Waals surface area contributed by atoms with Crippen LogP contribution in [-0.4, -0.2) is 59.1 Å². The maximum atomic E-state index is 12.8. The predicted molar refractivity (Wildman–Crippen MR) is 98.7 cm³/mol. The Bertz CT molecular complexity index is 870. The number of likely N-dealkylation sites (N-methyl/N-ethyl adjacent to an activating group) is 1. The Balaban J connectivity index is 1.28. The van der Waals surface area contributed by atoms with E-state index in [4.69, 9.17) is 9.47 Å². The number of ether oxygens (including phenoxy) is 2. The number of nitrogens with one attached hydrogen (secondary N) is 1. The van der Waals surface area contributed by atoms with Crippen molar-refractivity contribution < 1.29 is 14.3 Å². The Hall–Kier alpha value is -2.54. The van der Waals surface area contributed by atoms with E-state index < -0.39 is 0 Å². The van der Waals surface area contributed by atoms with Crippen LogP contribution in [0.4, 0.5) is 0 Å². The number of hydrogen-bond donors (Lipinski definition) is 1.